The molecule has 1 N–H and O–H groups in total. The first kappa shape index (κ1) is 21.5. The zero-order valence-corrected chi connectivity index (χ0v) is 18.3. The highest BCUT2D eigenvalue weighted by molar-refractivity contribution is 7.09. The van der Waals surface area contributed by atoms with E-state index in [1.165, 1.54) is 12.1 Å². The van der Waals surface area contributed by atoms with E-state index in [1.807, 2.05) is 17.5 Å². The molecule has 162 valence electrons. The Kier molecular flexibility index (Phi) is 6.15. The van der Waals surface area contributed by atoms with Crippen LogP contribution in [0.4, 0.5) is 11.6 Å². The fourth-order valence-electron chi connectivity index (χ4n) is 2.92. The molecular weight excluding hydrogens is 454 g/mol. The third-order valence-electron chi connectivity index (χ3n) is 4.54. The number of thiophene rings is 1. The second-order valence-corrected chi connectivity index (χ2v) is 8.00. The molecule has 0 aliphatic carbocycles. The van der Waals surface area contributed by atoms with E-state index in [1.54, 1.807) is 42.7 Å². The average Bonchev–Trinajstić information content (AvgIpc) is 3.47. The third kappa shape index (κ3) is 4.46. The number of rotatable bonds is 7. The molecule has 0 bridgehead atoms. The van der Waals surface area contributed by atoms with E-state index >= 15 is 0 Å². The number of anilines is 1. The zero-order valence-electron chi connectivity index (χ0n) is 16.7. The van der Waals surface area contributed by atoms with Gasteiger partial charge in [0.1, 0.15) is 10.8 Å². The second kappa shape index (κ2) is 9.16. The molecule has 2 heterocycles. The lowest BCUT2D eigenvalue weighted by Crippen LogP contribution is -2.17. The summed E-state index contributed by atoms with van der Waals surface area (Å²) in [6, 6.07) is 14.8. The highest BCUT2D eigenvalue weighted by Gasteiger charge is 2.22. The van der Waals surface area contributed by atoms with E-state index in [0.717, 1.165) is 15.6 Å². The number of methoxy groups -OCH3 is 1. The molecule has 0 saturated carbocycles. The van der Waals surface area contributed by atoms with Gasteiger partial charge >= 0.3 is 0 Å². The number of nitro groups is 1. The number of nitrogens with zero attached hydrogens (tertiary/aromatic N) is 4. The molecule has 0 unspecified atom stereocenters. The Morgan fingerprint density at radius 3 is 2.69 bits per heavy atom. The molecule has 0 amide bonds. The molecule has 0 saturated heterocycles. The van der Waals surface area contributed by atoms with Crippen LogP contribution in [-0.4, -0.2) is 32.7 Å². The fraction of sp³-hybridized carbons (Fsp3) is 0.0952. The Balaban J connectivity index is 1.72. The van der Waals surface area contributed by atoms with Crippen molar-refractivity contribution in [2.24, 2.45) is 0 Å². The summed E-state index contributed by atoms with van der Waals surface area (Å²) in [7, 11) is 1.57. The summed E-state index contributed by atoms with van der Waals surface area (Å²) in [6.45, 7) is 0.437. The van der Waals surface area contributed by atoms with Gasteiger partial charge in [-0.05, 0) is 47.8 Å². The first-order chi connectivity index (χ1) is 15.5. The summed E-state index contributed by atoms with van der Waals surface area (Å²) < 4.78 is 6.27. The minimum absolute atomic E-state index is 0.0555. The van der Waals surface area contributed by atoms with E-state index in [9.17, 15) is 14.9 Å². The summed E-state index contributed by atoms with van der Waals surface area (Å²) in [5, 5.41) is 20.6. The number of halogens is 1. The predicted octanol–water partition coefficient (Wildman–Crippen LogP) is 4.88. The highest BCUT2D eigenvalue weighted by Crippen LogP contribution is 2.27. The molecule has 32 heavy (non-hydrogen) atoms. The number of hydrogen-bond donors (Lipinski definition) is 1. The van der Waals surface area contributed by atoms with Gasteiger partial charge in [-0.2, -0.15) is 9.67 Å². The van der Waals surface area contributed by atoms with Gasteiger partial charge in [0.15, 0.2) is 5.82 Å². The molecule has 0 aliphatic heterocycles. The van der Waals surface area contributed by atoms with Crippen LogP contribution in [0.2, 0.25) is 5.02 Å². The quantitative estimate of drug-likeness (QED) is 0.303. The van der Waals surface area contributed by atoms with Gasteiger partial charge in [0.25, 0.3) is 11.6 Å². The molecule has 2 aromatic carbocycles. The van der Waals surface area contributed by atoms with Crippen LogP contribution >= 0.6 is 22.9 Å². The largest absolute Gasteiger partial charge is 0.497 e. The molecule has 9 nitrogen and oxygen atoms in total. The summed E-state index contributed by atoms with van der Waals surface area (Å²) in [6.07, 6.45) is 0. The molecule has 0 radical (unpaired) electrons. The topological polar surface area (TPSA) is 112 Å². The van der Waals surface area contributed by atoms with Crippen molar-refractivity contribution in [3.8, 4) is 17.1 Å². The number of aromatic nitrogens is 3. The van der Waals surface area contributed by atoms with Crippen LogP contribution in [0.5, 0.6) is 5.75 Å². The van der Waals surface area contributed by atoms with Crippen LogP contribution in [0.15, 0.2) is 60.0 Å². The van der Waals surface area contributed by atoms with Gasteiger partial charge in [-0.15, -0.1) is 16.4 Å². The molecule has 4 rings (SSSR count). The Morgan fingerprint density at radius 2 is 2.03 bits per heavy atom. The van der Waals surface area contributed by atoms with Gasteiger partial charge in [0.2, 0.25) is 5.95 Å². The van der Waals surface area contributed by atoms with E-state index < -0.39 is 10.8 Å². The van der Waals surface area contributed by atoms with Gasteiger partial charge in [-0.1, -0.05) is 17.7 Å². The summed E-state index contributed by atoms with van der Waals surface area (Å²) >= 11 is 7.44. The summed E-state index contributed by atoms with van der Waals surface area (Å²) in [5.41, 5.74) is 0.381. The monoisotopic (exact) mass is 469 g/mol. The van der Waals surface area contributed by atoms with Crippen LogP contribution in [0.1, 0.15) is 15.2 Å². The van der Waals surface area contributed by atoms with Gasteiger partial charge in [0.05, 0.1) is 18.6 Å². The van der Waals surface area contributed by atoms with E-state index in [-0.39, 0.29) is 22.2 Å². The first-order valence-corrected chi connectivity index (χ1v) is 10.6. The SMILES string of the molecule is COc1ccc(-c2nc(NCc3cccs3)n(C(=O)c3ccc(Cl)c([N+](=O)[O-])c3)n2)cc1. The molecule has 0 spiro atoms. The lowest BCUT2D eigenvalue weighted by Gasteiger charge is -2.06. The maximum absolute atomic E-state index is 13.2. The number of carbonyl (C=O) groups excluding carboxylic acids is 1. The molecule has 11 heteroatoms. The van der Waals surface area contributed by atoms with E-state index in [2.05, 4.69) is 15.4 Å². The van der Waals surface area contributed by atoms with Gasteiger partial charge < -0.3 is 10.1 Å². The van der Waals surface area contributed by atoms with Crippen LogP contribution in [0.25, 0.3) is 11.4 Å². The molecule has 4 aromatic rings. The minimum Gasteiger partial charge on any atom is -0.497 e. The van der Waals surface area contributed by atoms with E-state index in [4.69, 9.17) is 16.3 Å². The first-order valence-electron chi connectivity index (χ1n) is 9.32. The van der Waals surface area contributed by atoms with Crippen molar-refractivity contribution in [2.75, 3.05) is 12.4 Å². The third-order valence-corrected chi connectivity index (χ3v) is 5.73. The van der Waals surface area contributed by atoms with Crippen molar-refractivity contribution < 1.29 is 14.5 Å². The summed E-state index contributed by atoms with van der Waals surface area (Å²) in [5.74, 6) is 0.629. The Labute approximate surface area is 191 Å². The maximum Gasteiger partial charge on any atom is 0.288 e. The van der Waals surface area contributed by atoms with Crippen LogP contribution in [0, 0.1) is 10.1 Å². The predicted molar refractivity (Wildman–Crippen MR) is 121 cm³/mol. The second-order valence-electron chi connectivity index (χ2n) is 6.56. The lowest BCUT2D eigenvalue weighted by atomic mass is 10.2. The smallest absolute Gasteiger partial charge is 0.288 e. The number of ether oxygens (including phenoxy) is 1. The molecule has 0 aliphatic rings. The lowest BCUT2D eigenvalue weighted by molar-refractivity contribution is -0.384. The van der Waals surface area contributed by atoms with Gasteiger partial charge in [-0.3, -0.25) is 14.9 Å². The van der Waals surface area contributed by atoms with Gasteiger partial charge in [0, 0.05) is 22.1 Å². The zero-order chi connectivity index (χ0) is 22.7. The van der Waals surface area contributed by atoms with Crippen LogP contribution in [-0.2, 0) is 6.54 Å². The highest BCUT2D eigenvalue weighted by atomic mass is 35.5. The standard InChI is InChI=1S/C21H16ClN5O4S/c1-31-15-7-4-13(5-8-15)19-24-21(23-12-16-3-2-10-32-16)26(25-19)20(28)14-6-9-17(22)18(11-14)27(29)30/h2-11H,12H2,1H3,(H,23,24,25). The minimum atomic E-state index is -0.640. The maximum atomic E-state index is 13.2. The molecule has 0 fully saturated rings. The number of benzene rings is 2. The number of hydrogen-bond acceptors (Lipinski definition) is 8. The normalized spacial score (nSPS) is 10.7. The Hall–Kier alpha value is -3.76. The molecule has 0 atom stereocenters. The molecular formula is C21H16ClN5O4S. The van der Waals surface area contributed by atoms with Crippen LogP contribution < -0.4 is 10.1 Å². The van der Waals surface area contributed by atoms with Crippen molar-refractivity contribution >= 4 is 40.5 Å². The number of nitrogens with one attached hydrogen (secondary N) is 1. The number of carbonyl (C=O) groups is 1. The number of nitro benzene ring substituents is 1. The fourth-order valence-corrected chi connectivity index (χ4v) is 3.75. The Bertz CT molecular complexity index is 1270. The Morgan fingerprint density at radius 1 is 1.25 bits per heavy atom. The average molecular weight is 470 g/mol. The molecule has 2 aromatic heterocycles. The van der Waals surface area contributed by atoms with Crippen molar-refractivity contribution in [1.29, 1.82) is 0 Å². The van der Waals surface area contributed by atoms with Gasteiger partial charge in [-0.25, -0.2) is 0 Å². The van der Waals surface area contributed by atoms with Crippen molar-refractivity contribution in [3.63, 3.8) is 0 Å². The summed E-state index contributed by atoms with van der Waals surface area (Å²) in [4.78, 5) is 29.3. The van der Waals surface area contributed by atoms with Crippen molar-refractivity contribution in [2.45, 2.75) is 6.54 Å². The van der Waals surface area contributed by atoms with Crippen molar-refractivity contribution in [3.05, 3.63) is 85.6 Å². The van der Waals surface area contributed by atoms with Crippen LogP contribution in [0.3, 0.4) is 0 Å². The van der Waals surface area contributed by atoms with Crippen molar-refractivity contribution in [1.82, 2.24) is 14.8 Å². The van der Waals surface area contributed by atoms with E-state index in [0.29, 0.717) is 23.7 Å².